The predicted molar refractivity (Wildman–Crippen MR) is 82.8 cm³/mol. The van der Waals surface area contributed by atoms with Crippen LogP contribution in [0.15, 0.2) is 24.3 Å². The van der Waals surface area contributed by atoms with Crippen molar-refractivity contribution >= 4 is 18.9 Å². The van der Waals surface area contributed by atoms with Gasteiger partial charge in [0.15, 0.2) is 0 Å². The molecule has 1 saturated heterocycles. The molecule has 22 heavy (non-hydrogen) atoms. The Morgan fingerprint density at radius 2 is 2.14 bits per heavy atom. The van der Waals surface area contributed by atoms with E-state index in [1.165, 1.54) is 4.90 Å². The van der Waals surface area contributed by atoms with Crippen LogP contribution < -0.4 is 5.32 Å². The highest BCUT2D eigenvalue weighted by atomic mass is 16.4. The van der Waals surface area contributed by atoms with E-state index in [0.29, 0.717) is 19.4 Å². The molecule has 0 bridgehead atoms. The average molecular weight is 304 g/mol. The number of benzene rings is 1. The van der Waals surface area contributed by atoms with Crippen LogP contribution in [0.2, 0.25) is 0 Å². The Hall–Kier alpha value is -1.86. The molecule has 0 aliphatic carbocycles. The molecule has 7 heteroatoms. The third-order valence-electron chi connectivity index (χ3n) is 3.91. The van der Waals surface area contributed by atoms with E-state index in [1.807, 2.05) is 31.2 Å². The minimum atomic E-state index is -1.65. The molecular weight excluding hydrogens is 283 g/mol. The fourth-order valence-corrected chi connectivity index (χ4v) is 2.60. The van der Waals surface area contributed by atoms with E-state index in [4.69, 9.17) is 0 Å². The normalized spacial score (nSPS) is 15.8. The summed E-state index contributed by atoms with van der Waals surface area (Å²) in [5.74, 6) is -1.21. The zero-order valence-electron chi connectivity index (χ0n) is 12.7. The molecule has 0 aromatic heterocycles. The second kappa shape index (κ2) is 7.42. The summed E-state index contributed by atoms with van der Waals surface area (Å²) in [6.07, 6.45) is 1.56. The number of hydrogen-bond donors (Lipinski definition) is 3. The molecule has 2 amide bonds. The van der Waals surface area contributed by atoms with E-state index >= 15 is 0 Å². The molecule has 2 rings (SSSR count). The monoisotopic (exact) mass is 304 g/mol. The number of amides is 2. The topological polar surface area (TPSA) is 89.9 Å². The van der Waals surface area contributed by atoms with Gasteiger partial charge in [0.1, 0.15) is 0 Å². The number of rotatable bonds is 6. The highest BCUT2D eigenvalue weighted by Gasteiger charge is 2.28. The number of nitrogens with one attached hydrogen (secondary N) is 1. The summed E-state index contributed by atoms with van der Waals surface area (Å²) in [5, 5.41) is 21.6. The number of aryl methyl sites for hydroxylation is 1. The molecule has 1 aromatic rings. The maximum Gasteiger partial charge on any atom is 0.475 e. The van der Waals surface area contributed by atoms with Gasteiger partial charge in [-0.3, -0.25) is 9.59 Å². The lowest BCUT2D eigenvalue weighted by Gasteiger charge is -2.21. The van der Waals surface area contributed by atoms with Crippen molar-refractivity contribution in [2.75, 3.05) is 13.1 Å². The first kappa shape index (κ1) is 16.5. The highest BCUT2D eigenvalue weighted by molar-refractivity contribution is 6.43. The van der Waals surface area contributed by atoms with Crippen molar-refractivity contribution in [1.29, 1.82) is 0 Å². The van der Waals surface area contributed by atoms with E-state index in [9.17, 15) is 19.6 Å². The molecule has 1 aromatic carbocycles. The molecule has 0 saturated carbocycles. The Labute approximate surface area is 130 Å². The van der Waals surface area contributed by atoms with Gasteiger partial charge in [-0.15, -0.1) is 0 Å². The first-order valence-electron chi connectivity index (χ1n) is 7.45. The van der Waals surface area contributed by atoms with Crippen LogP contribution in [0.25, 0.3) is 0 Å². The Kier molecular flexibility index (Phi) is 5.57. The Morgan fingerprint density at radius 1 is 1.41 bits per heavy atom. The summed E-state index contributed by atoms with van der Waals surface area (Å²) >= 11 is 0. The van der Waals surface area contributed by atoms with Crippen LogP contribution >= 0.6 is 0 Å². The van der Waals surface area contributed by atoms with Crippen molar-refractivity contribution in [2.45, 2.75) is 32.1 Å². The third-order valence-corrected chi connectivity index (χ3v) is 3.91. The second-order valence-electron chi connectivity index (χ2n) is 5.64. The van der Waals surface area contributed by atoms with Crippen LogP contribution in [-0.2, 0) is 16.0 Å². The van der Waals surface area contributed by atoms with Crippen molar-refractivity contribution in [3.05, 3.63) is 35.4 Å². The van der Waals surface area contributed by atoms with Gasteiger partial charge in [-0.2, -0.15) is 0 Å². The molecule has 0 spiro atoms. The molecule has 6 nitrogen and oxygen atoms in total. The van der Waals surface area contributed by atoms with E-state index in [1.54, 1.807) is 0 Å². The van der Waals surface area contributed by atoms with Crippen LogP contribution in [0.1, 0.15) is 24.0 Å². The van der Waals surface area contributed by atoms with E-state index in [2.05, 4.69) is 5.32 Å². The molecule has 1 heterocycles. The predicted octanol–water partition coefficient (Wildman–Crippen LogP) is -0.343. The van der Waals surface area contributed by atoms with Crippen LogP contribution in [0, 0.1) is 6.92 Å². The van der Waals surface area contributed by atoms with Gasteiger partial charge < -0.3 is 20.3 Å². The lowest BCUT2D eigenvalue weighted by atomic mass is 9.75. The lowest BCUT2D eigenvalue weighted by molar-refractivity contribution is -0.133. The summed E-state index contributed by atoms with van der Waals surface area (Å²) < 4.78 is 0. The van der Waals surface area contributed by atoms with Crippen LogP contribution in [0.4, 0.5) is 0 Å². The van der Waals surface area contributed by atoms with Crippen molar-refractivity contribution in [2.24, 2.45) is 0 Å². The fraction of sp³-hybridized carbons (Fsp3) is 0.467. The van der Waals surface area contributed by atoms with E-state index in [-0.39, 0.29) is 18.4 Å². The second-order valence-corrected chi connectivity index (χ2v) is 5.64. The molecule has 0 radical (unpaired) electrons. The maximum atomic E-state index is 12.0. The smallest absolute Gasteiger partial charge is 0.426 e. The first-order valence-corrected chi connectivity index (χ1v) is 7.45. The van der Waals surface area contributed by atoms with Gasteiger partial charge in [-0.25, -0.2) is 0 Å². The maximum absolute atomic E-state index is 12.0. The number of carbonyl (C=O) groups is 2. The molecule has 1 fully saturated rings. The van der Waals surface area contributed by atoms with Crippen molar-refractivity contribution < 1.29 is 19.6 Å². The quantitative estimate of drug-likeness (QED) is 0.627. The summed E-state index contributed by atoms with van der Waals surface area (Å²) in [5.41, 5.74) is 1.97. The summed E-state index contributed by atoms with van der Waals surface area (Å²) in [4.78, 5) is 25.0. The van der Waals surface area contributed by atoms with Gasteiger partial charge in [-0.05, 0) is 30.9 Å². The van der Waals surface area contributed by atoms with Crippen LogP contribution in [0.3, 0.4) is 0 Å². The van der Waals surface area contributed by atoms with Crippen molar-refractivity contribution in [3.63, 3.8) is 0 Å². The van der Waals surface area contributed by atoms with Gasteiger partial charge in [0, 0.05) is 13.0 Å². The zero-order valence-corrected chi connectivity index (χ0v) is 12.7. The lowest BCUT2D eigenvalue weighted by Crippen LogP contribution is -2.50. The number of carbonyl (C=O) groups excluding carboxylic acids is 2. The van der Waals surface area contributed by atoms with Gasteiger partial charge in [0.05, 0.1) is 12.5 Å². The Bertz CT molecular complexity index is 550. The van der Waals surface area contributed by atoms with Crippen LogP contribution in [0.5, 0.6) is 0 Å². The van der Waals surface area contributed by atoms with Gasteiger partial charge in [0.25, 0.3) is 0 Å². The minimum absolute atomic E-state index is 0.0319. The Balaban J connectivity index is 1.95. The summed E-state index contributed by atoms with van der Waals surface area (Å²) in [6.45, 7) is 2.48. The molecular formula is C15H21BN2O4. The van der Waals surface area contributed by atoms with Gasteiger partial charge in [0.2, 0.25) is 11.8 Å². The average Bonchev–Trinajstić information content (AvgIpc) is 2.85. The molecule has 3 N–H and O–H groups in total. The van der Waals surface area contributed by atoms with E-state index < -0.39 is 13.1 Å². The van der Waals surface area contributed by atoms with E-state index in [0.717, 1.165) is 17.5 Å². The third kappa shape index (κ3) is 4.32. The Morgan fingerprint density at radius 3 is 2.73 bits per heavy atom. The SMILES string of the molecule is Cc1ccccc1C[C@H](NC(=O)CN1CCCC1=O)B(O)O. The number of hydrogen-bond acceptors (Lipinski definition) is 4. The number of nitrogens with zero attached hydrogens (tertiary/aromatic N) is 1. The zero-order chi connectivity index (χ0) is 16.1. The van der Waals surface area contributed by atoms with Gasteiger partial charge in [-0.1, -0.05) is 24.3 Å². The first-order chi connectivity index (χ1) is 10.5. The summed E-state index contributed by atoms with van der Waals surface area (Å²) in [6, 6.07) is 7.59. The summed E-state index contributed by atoms with van der Waals surface area (Å²) in [7, 11) is -1.65. The largest absolute Gasteiger partial charge is 0.475 e. The standard InChI is InChI=1S/C15H21BN2O4/c1-11-5-2-3-6-12(11)9-13(16(21)22)17-14(19)10-18-8-4-7-15(18)20/h2-3,5-6,13,21-22H,4,7-10H2,1H3,(H,17,19)/t13-/m0/s1. The van der Waals surface area contributed by atoms with Crippen molar-refractivity contribution in [1.82, 2.24) is 10.2 Å². The molecule has 0 unspecified atom stereocenters. The fourth-order valence-electron chi connectivity index (χ4n) is 2.60. The minimum Gasteiger partial charge on any atom is -0.426 e. The highest BCUT2D eigenvalue weighted by Crippen LogP contribution is 2.11. The van der Waals surface area contributed by atoms with Crippen molar-refractivity contribution in [3.8, 4) is 0 Å². The van der Waals surface area contributed by atoms with Gasteiger partial charge >= 0.3 is 7.12 Å². The molecule has 1 aliphatic rings. The van der Waals surface area contributed by atoms with Crippen LogP contribution in [-0.4, -0.2) is 52.9 Å². The molecule has 1 aliphatic heterocycles. The molecule has 1 atom stereocenters. The number of likely N-dealkylation sites (tertiary alicyclic amines) is 1. The molecule has 118 valence electrons.